The molecule has 6 heteroatoms. The summed E-state index contributed by atoms with van der Waals surface area (Å²) in [4.78, 5) is 25.6. The SMILES string of the molecule is O=C=NCC(=O)O.c1cnc2ccsc2c1. The van der Waals surface area contributed by atoms with Crippen molar-refractivity contribution in [1.82, 2.24) is 4.98 Å². The zero-order chi connectivity index (χ0) is 11.8. The Morgan fingerprint density at radius 1 is 1.56 bits per heavy atom. The van der Waals surface area contributed by atoms with Gasteiger partial charge >= 0.3 is 5.97 Å². The summed E-state index contributed by atoms with van der Waals surface area (Å²) in [6.07, 6.45) is 2.91. The van der Waals surface area contributed by atoms with Crippen molar-refractivity contribution in [3.8, 4) is 0 Å². The number of hydrogen-bond acceptors (Lipinski definition) is 5. The second kappa shape index (κ2) is 6.44. The number of carbonyl (C=O) groups is 1. The highest BCUT2D eigenvalue weighted by Crippen LogP contribution is 2.16. The quantitative estimate of drug-likeness (QED) is 0.635. The molecular formula is C10H8N2O3S. The lowest BCUT2D eigenvalue weighted by Gasteiger charge is -1.81. The standard InChI is InChI=1S/C7H5NS.C3H3NO3/c1-2-7-6(8-4-1)3-5-9-7;5-2-4-1-3(6)7/h1-5H;1H2,(H,6,7). The number of fused-ring (bicyclic) bond motifs is 1. The highest BCUT2D eigenvalue weighted by molar-refractivity contribution is 7.17. The van der Waals surface area contributed by atoms with Crippen molar-refractivity contribution in [3.63, 3.8) is 0 Å². The van der Waals surface area contributed by atoms with Crippen molar-refractivity contribution in [2.75, 3.05) is 6.54 Å². The average Bonchev–Trinajstić information content (AvgIpc) is 2.75. The maximum Gasteiger partial charge on any atom is 0.326 e. The van der Waals surface area contributed by atoms with E-state index in [1.54, 1.807) is 11.3 Å². The molecule has 16 heavy (non-hydrogen) atoms. The minimum atomic E-state index is -1.12. The zero-order valence-electron chi connectivity index (χ0n) is 8.16. The number of carbonyl (C=O) groups excluding carboxylic acids is 1. The predicted molar refractivity (Wildman–Crippen MR) is 60.2 cm³/mol. The Bertz CT molecular complexity index is 487. The number of carboxylic acids is 1. The summed E-state index contributed by atoms with van der Waals surface area (Å²) >= 11 is 1.72. The average molecular weight is 236 g/mol. The largest absolute Gasteiger partial charge is 0.480 e. The van der Waals surface area contributed by atoms with Gasteiger partial charge in [0.25, 0.3) is 0 Å². The van der Waals surface area contributed by atoms with E-state index < -0.39 is 12.5 Å². The number of thiophene rings is 1. The first-order valence-corrected chi connectivity index (χ1v) is 5.15. The van der Waals surface area contributed by atoms with Crippen molar-refractivity contribution in [2.24, 2.45) is 4.99 Å². The smallest absolute Gasteiger partial charge is 0.326 e. The van der Waals surface area contributed by atoms with Crippen LogP contribution in [0.5, 0.6) is 0 Å². The second-order valence-corrected chi connectivity index (χ2v) is 3.56. The molecule has 2 aromatic rings. The van der Waals surface area contributed by atoms with E-state index >= 15 is 0 Å². The van der Waals surface area contributed by atoms with Crippen LogP contribution in [0.25, 0.3) is 10.2 Å². The number of hydrogen-bond donors (Lipinski definition) is 1. The molecule has 2 aromatic heterocycles. The number of aromatic nitrogens is 1. The van der Waals surface area contributed by atoms with Crippen LogP contribution in [0, 0.1) is 0 Å². The van der Waals surface area contributed by atoms with Gasteiger partial charge in [-0.1, -0.05) is 0 Å². The Hall–Kier alpha value is -2.04. The molecule has 2 rings (SSSR count). The fraction of sp³-hybridized carbons (Fsp3) is 0.100. The summed E-state index contributed by atoms with van der Waals surface area (Å²) in [6, 6.07) is 6.06. The van der Waals surface area contributed by atoms with Crippen LogP contribution >= 0.6 is 11.3 Å². The number of pyridine rings is 1. The molecule has 0 aliphatic carbocycles. The molecule has 1 N–H and O–H groups in total. The molecule has 0 atom stereocenters. The molecular weight excluding hydrogens is 228 g/mol. The van der Waals surface area contributed by atoms with E-state index in [2.05, 4.69) is 21.4 Å². The summed E-state index contributed by atoms with van der Waals surface area (Å²) in [7, 11) is 0. The molecule has 0 amide bonds. The molecule has 82 valence electrons. The number of isocyanates is 1. The van der Waals surface area contributed by atoms with E-state index in [0.29, 0.717) is 0 Å². The molecule has 0 bridgehead atoms. The summed E-state index contributed by atoms with van der Waals surface area (Å²) < 4.78 is 1.26. The number of aliphatic imine (C=N–C) groups is 1. The highest BCUT2D eigenvalue weighted by Gasteiger charge is 1.89. The Morgan fingerprint density at radius 3 is 2.94 bits per heavy atom. The minimum absolute atomic E-state index is 0.483. The maximum atomic E-state index is 9.49. The molecule has 0 aliphatic heterocycles. The van der Waals surface area contributed by atoms with Crippen LogP contribution in [0.3, 0.4) is 0 Å². The van der Waals surface area contributed by atoms with Gasteiger partial charge in [0, 0.05) is 6.20 Å². The van der Waals surface area contributed by atoms with Crippen molar-refractivity contribution in [1.29, 1.82) is 0 Å². The third-order valence-corrected chi connectivity index (χ3v) is 2.37. The van der Waals surface area contributed by atoms with Gasteiger partial charge < -0.3 is 5.11 Å². The molecule has 0 spiro atoms. The zero-order valence-corrected chi connectivity index (χ0v) is 8.98. The summed E-state index contributed by atoms with van der Waals surface area (Å²) in [6.45, 7) is -0.483. The summed E-state index contributed by atoms with van der Waals surface area (Å²) in [5.41, 5.74) is 1.10. The molecule has 0 saturated heterocycles. The molecule has 0 unspecified atom stereocenters. The van der Waals surface area contributed by atoms with Crippen molar-refractivity contribution < 1.29 is 14.7 Å². The van der Waals surface area contributed by atoms with Gasteiger partial charge in [-0.25, -0.2) is 4.79 Å². The van der Waals surface area contributed by atoms with Crippen LogP contribution in [-0.4, -0.2) is 28.7 Å². The monoisotopic (exact) mass is 236 g/mol. The van der Waals surface area contributed by atoms with Gasteiger partial charge in [0.05, 0.1) is 10.2 Å². The lowest BCUT2D eigenvalue weighted by Crippen LogP contribution is -1.97. The first-order valence-electron chi connectivity index (χ1n) is 4.27. The Kier molecular flexibility index (Phi) is 4.85. The topological polar surface area (TPSA) is 79.6 Å². The van der Waals surface area contributed by atoms with Crippen molar-refractivity contribution >= 4 is 33.6 Å². The van der Waals surface area contributed by atoms with Gasteiger partial charge in [0.15, 0.2) is 0 Å². The van der Waals surface area contributed by atoms with Gasteiger partial charge in [-0.05, 0) is 23.6 Å². The predicted octanol–water partition coefficient (Wildman–Crippen LogP) is 1.70. The third-order valence-electron chi connectivity index (χ3n) is 1.50. The van der Waals surface area contributed by atoms with E-state index in [1.165, 1.54) is 4.70 Å². The van der Waals surface area contributed by atoms with Gasteiger partial charge in [0.1, 0.15) is 6.54 Å². The van der Waals surface area contributed by atoms with Gasteiger partial charge in [0.2, 0.25) is 6.08 Å². The van der Waals surface area contributed by atoms with Crippen LogP contribution in [0.1, 0.15) is 0 Å². The maximum absolute atomic E-state index is 9.49. The summed E-state index contributed by atoms with van der Waals surface area (Å²) in [5, 5.41) is 9.83. The van der Waals surface area contributed by atoms with Crippen molar-refractivity contribution in [2.45, 2.75) is 0 Å². The Balaban J connectivity index is 0.000000168. The molecule has 2 heterocycles. The fourth-order valence-electron chi connectivity index (χ4n) is 0.899. The van der Waals surface area contributed by atoms with Crippen LogP contribution in [-0.2, 0) is 9.59 Å². The molecule has 0 fully saturated rings. The number of carboxylic acid groups (broad SMARTS) is 1. The van der Waals surface area contributed by atoms with E-state index in [-0.39, 0.29) is 0 Å². The van der Waals surface area contributed by atoms with Crippen LogP contribution in [0.4, 0.5) is 0 Å². The Labute approximate surface area is 95.1 Å². The number of aliphatic carboxylic acids is 1. The van der Waals surface area contributed by atoms with Gasteiger partial charge in [-0.3, -0.25) is 9.78 Å². The van der Waals surface area contributed by atoms with E-state index in [4.69, 9.17) is 9.90 Å². The lowest BCUT2D eigenvalue weighted by molar-refractivity contribution is -0.135. The summed E-state index contributed by atoms with van der Waals surface area (Å²) in [5.74, 6) is -1.12. The molecule has 0 aliphatic rings. The first kappa shape index (κ1) is 12.0. The lowest BCUT2D eigenvalue weighted by atomic mass is 10.4. The van der Waals surface area contributed by atoms with Crippen LogP contribution in [0.2, 0.25) is 0 Å². The normalized spacial score (nSPS) is 8.75. The minimum Gasteiger partial charge on any atom is -0.480 e. The van der Waals surface area contributed by atoms with E-state index in [1.807, 2.05) is 18.3 Å². The molecule has 0 saturated carbocycles. The Morgan fingerprint density at radius 2 is 2.38 bits per heavy atom. The number of rotatable bonds is 2. The molecule has 0 radical (unpaired) electrons. The van der Waals surface area contributed by atoms with Gasteiger partial charge in [-0.15, -0.1) is 11.3 Å². The van der Waals surface area contributed by atoms with E-state index in [9.17, 15) is 4.79 Å². The molecule has 5 nitrogen and oxygen atoms in total. The second-order valence-electron chi connectivity index (χ2n) is 2.61. The molecule has 0 aromatic carbocycles. The van der Waals surface area contributed by atoms with Crippen LogP contribution in [0.15, 0.2) is 34.8 Å². The fourth-order valence-corrected chi connectivity index (χ4v) is 1.64. The van der Waals surface area contributed by atoms with Crippen LogP contribution < -0.4 is 0 Å². The van der Waals surface area contributed by atoms with E-state index in [0.717, 1.165) is 11.6 Å². The first-order chi connectivity index (χ1) is 7.74. The van der Waals surface area contributed by atoms with Crippen molar-refractivity contribution in [3.05, 3.63) is 29.8 Å². The number of nitrogens with zero attached hydrogens (tertiary/aromatic N) is 2. The highest BCUT2D eigenvalue weighted by atomic mass is 32.1. The third kappa shape index (κ3) is 4.00. The van der Waals surface area contributed by atoms with Gasteiger partial charge in [-0.2, -0.15) is 4.99 Å².